The van der Waals surface area contributed by atoms with Gasteiger partial charge in [0, 0.05) is 11.5 Å². The molecule has 3 saturated carbocycles. The lowest BCUT2D eigenvalue weighted by atomic mass is 9.54. The highest BCUT2D eigenvalue weighted by atomic mass is 35.5. The summed E-state index contributed by atoms with van der Waals surface area (Å²) < 4.78 is 14.4. The molecule has 2 bridgehead atoms. The lowest BCUT2D eigenvalue weighted by Crippen LogP contribution is -2.57. The van der Waals surface area contributed by atoms with Gasteiger partial charge in [0.15, 0.2) is 16.6 Å². The summed E-state index contributed by atoms with van der Waals surface area (Å²) in [6.07, 6.45) is 8.29. The highest BCUT2D eigenvalue weighted by Crippen LogP contribution is 2.59. The molecule has 0 unspecified atom stereocenters. The molecule has 4 fully saturated rings. The lowest BCUT2D eigenvalue weighted by Gasteiger charge is -2.58. The Bertz CT molecular complexity index is 811. The van der Waals surface area contributed by atoms with Crippen LogP contribution >= 0.6 is 11.6 Å². The molecule has 2 aromatic heterocycles. The van der Waals surface area contributed by atoms with Crippen LogP contribution in [0.25, 0.3) is 11.2 Å². The second kappa shape index (κ2) is 5.38. The van der Waals surface area contributed by atoms with Crippen molar-refractivity contribution in [3.63, 3.8) is 0 Å². The van der Waals surface area contributed by atoms with Gasteiger partial charge in [0.2, 0.25) is 0 Å². The van der Waals surface area contributed by atoms with E-state index in [9.17, 15) is 0 Å². The molecule has 0 N–H and O–H groups in total. The van der Waals surface area contributed by atoms with Gasteiger partial charge >= 0.3 is 0 Å². The van der Waals surface area contributed by atoms with Crippen molar-refractivity contribution >= 4 is 22.8 Å². The number of aromatic nitrogens is 4. The summed E-state index contributed by atoms with van der Waals surface area (Å²) >= 11 is 6.19. The van der Waals surface area contributed by atoms with E-state index in [1.54, 1.807) is 0 Å². The third-order valence-electron chi connectivity index (χ3n) is 6.49. The molecule has 3 heterocycles. The van der Waals surface area contributed by atoms with Crippen molar-refractivity contribution in [3.8, 4) is 0 Å². The zero-order chi connectivity index (χ0) is 17.2. The van der Waals surface area contributed by atoms with E-state index in [2.05, 4.69) is 19.5 Å². The molecule has 3 atom stereocenters. The monoisotopic (exact) mass is 362 g/mol. The van der Waals surface area contributed by atoms with Gasteiger partial charge in [0.05, 0.1) is 19.5 Å². The van der Waals surface area contributed by atoms with Crippen LogP contribution < -0.4 is 0 Å². The van der Waals surface area contributed by atoms with Crippen LogP contribution in [0.4, 0.5) is 0 Å². The third kappa shape index (κ3) is 2.41. The van der Waals surface area contributed by atoms with Gasteiger partial charge in [0.25, 0.3) is 0 Å². The Morgan fingerprint density at radius 1 is 1.16 bits per heavy atom. The molecule has 7 heteroatoms. The zero-order valence-electron chi connectivity index (χ0n) is 14.6. The van der Waals surface area contributed by atoms with E-state index in [1.165, 1.54) is 32.0 Å². The maximum Gasteiger partial charge on any atom is 0.165 e. The Balaban J connectivity index is 1.53. The van der Waals surface area contributed by atoms with E-state index in [-0.39, 0.29) is 5.41 Å². The summed E-state index contributed by atoms with van der Waals surface area (Å²) in [7, 11) is 0. The number of rotatable bonds is 1. The number of imidazole rings is 1. The van der Waals surface area contributed by atoms with E-state index in [0.717, 1.165) is 18.9 Å². The fourth-order valence-corrected chi connectivity index (χ4v) is 5.46. The van der Waals surface area contributed by atoms with Crippen molar-refractivity contribution in [2.45, 2.75) is 51.4 Å². The predicted molar refractivity (Wildman–Crippen MR) is 93.2 cm³/mol. The first-order valence-electron chi connectivity index (χ1n) is 9.08. The summed E-state index contributed by atoms with van der Waals surface area (Å²) in [6, 6.07) is 0.372. The average Bonchev–Trinajstić information content (AvgIpc) is 3.04. The zero-order valence-corrected chi connectivity index (χ0v) is 15.4. The number of nitrogens with zero attached hydrogens (tertiary/aromatic N) is 4. The first-order valence-corrected chi connectivity index (χ1v) is 9.46. The molecule has 3 aliphatic carbocycles. The van der Waals surface area contributed by atoms with Crippen LogP contribution in [0, 0.1) is 17.3 Å². The van der Waals surface area contributed by atoms with Crippen LogP contribution in [0.3, 0.4) is 0 Å². The Labute approximate surface area is 151 Å². The molecule has 6 nitrogen and oxygen atoms in total. The topological polar surface area (TPSA) is 62.1 Å². The van der Waals surface area contributed by atoms with Crippen molar-refractivity contribution in [2.75, 3.05) is 13.2 Å². The van der Waals surface area contributed by atoms with Crippen molar-refractivity contribution < 1.29 is 9.47 Å². The summed E-state index contributed by atoms with van der Waals surface area (Å²) in [6.45, 7) is 5.56. The van der Waals surface area contributed by atoms with Crippen LogP contribution in [0.5, 0.6) is 0 Å². The normalized spacial score (nSPS) is 33.2. The molecular formula is C18H23ClN4O2. The molecular weight excluding hydrogens is 340 g/mol. The number of ether oxygens (including phenoxy) is 2. The highest BCUT2D eigenvalue weighted by Gasteiger charge is 2.55. The molecule has 2 aromatic rings. The van der Waals surface area contributed by atoms with Gasteiger partial charge in [0.1, 0.15) is 11.8 Å². The smallest absolute Gasteiger partial charge is 0.165 e. The van der Waals surface area contributed by atoms with Gasteiger partial charge in [-0.2, -0.15) is 0 Å². The van der Waals surface area contributed by atoms with Gasteiger partial charge in [-0.25, -0.2) is 15.0 Å². The molecule has 1 aliphatic heterocycles. The number of fused-ring (bicyclic) bond motifs is 3. The standard InChI is InChI=1S/C18H23ClN4O2/c1-17(2)24-7-18(8-25-17)6-11-3-4-12(18)13(5-11)23-10-22-14-15(19)20-9-21-16(14)23/h9-13H,3-8H2,1-2H3/t11-,12+,13+/m0/s1. The second-order valence-electron chi connectivity index (χ2n) is 8.39. The van der Waals surface area contributed by atoms with Gasteiger partial charge in [-0.3, -0.25) is 0 Å². The summed E-state index contributed by atoms with van der Waals surface area (Å²) in [5.74, 6) is 0.748. The second-order valence-corrected chi connectivity index (χ2v) is 8.74. The van der Waals surface area contributed by atoms with Crippen molar-refractivity contribution in [3.05, 3.63) is 17.8 Å². The summed E-state index contributed by atoms with van der Waals surface area (Å²) in [5, 5.41) is 0.422. The van der Waals surface area contributed by atoms with E-state index >= 15 is 0 Å². The summed E-state index contributed by atoms with van der Waals surface area (Å²) in [4.78, 5) is 13.0. The molecule has 1 saturated heterocycles. The van der Waals surface area contributed by atoms with Crippen molar-refractivity contribution in [2.24, 2.45) is 17.3 Å². The maximum atomic E-state index is 6.19. The largest absolute Gasteiger partial charge is 0.350 e. The van der Waals surface area contributed by atoms with Crippen molar-refractivity contribution in [1.82, 2.24) is 19.5 Å². The number of hydrogen-bond acceptors (Lipinski definition) is 5. The van der Waals surface area contributed by atoms with E-state index in [0.29, 0.717) is 28.5 Å². The molecule has 0 amide bonds. The maximum absolute atomic E-state index is 6.19. The Hall–Kier alpha value is -1.24. The highest BCUT2D eigenvalue weighted by molar-refractivity contribution is 6.33. The minimum absolute atomic E-state index is 0.106. The Morgan fingerprint density at radius 3 is 2.72 bits per heavy atom. The Morgan fingerprint density at radius 2 is 1.96 bits per heavy atom. The third-order valence-corrected chi connectivity index (χ3v) is 6.77. The Kier molecular flexibility index (Phi) is 3.44. The van der Waals surface area contributed by atoms with Crippen LogP contribution in [-0.4, -0.2) is 38.5 Å². The minimum Gasteiger partial charge on any atom is -0.350 e. The predicted octanol–water partition coefficient (Wildman–Crippen LogP) is 3.61. The van der Waals surface area contributed by atoms with Gasteiger partial charge in [-0.1, -0.05) is 11.6 Å². The van der Waals surface area contributed by atoms with E-state index in [1.807, 2.05) is 20.2 Å². The first-order chi connectivity index (χ1) is 12.0. The van der Waals surface area contributed by atoms with Gasteiger partial charge < -0.3 is 14.0 Å². The lowest BCUT2D eigenvalue weighted by molar-refractivity contribution is -0.309. The molecule has 4 aliphatic rings. The van der Waals surface area contributed by atoms with Crippen LogP contribution in [0.2, 0.25) is 5.15 Å². The summed E-state index contributed by atoms with van der Waals surface area (Å²) in [5.41, 5.74) is 1.64. The van der Waals surface area contributed by atoms with Gasteiger partial charge in [-0.15, -0.1) is 0 Å². The van der Waals surface area contributed by atoms with Crippen LogP contribution in [0.1, 0.15) is 45.6 Å². The van der Waals surface area contributed by atoms with Crippen molar-refractivity contribution in [1.29, 1.82) is 0 Å². The molecule has 0 radical (unpaired) electrons. The average molecular weight is 363 g/mol. The SMILES string of the molecule is CC1(C)OCC2(CO1)C[C@H]1CC[C@@H]2[C@H](n2cnc3c(Cl)ncnc32)C1. The molecule has 6 rings (SSSR count). The number of hydrogen-bond donors (Lipinski definition) is 0. The van der Waals surface area contributed by atoms with E-state index < -0.39 is 5.79 Å². The van der Waals surface area contributed by atoms with E-state index in [4.69, 9.17) is 21.1 Å². The molecule has 25 heavy (non-hydrogen) atoms. The first kappa shape index (κ1) is 16.0. The van der Waals surface area contributed by atoms with Crippen LogP contribution in [0.15, 0.2) is 12.7 Å². The molecule has 0 aromatic carbocycles. The molecule has 134 valence electrons. The molecule has 1 spiro atoms. The van der Waals surface area contributed by atoms with Crippen LogP contribution in [-0.2, 0) is 9.47 Å². The fraction of sp³-hybridized carbons (Fsp3) is 0.722. The fourth-order valence-electron chi connectivity index (χ4n) is 5.28. The minimum atomic E-state index is -0.472. The number of halogens is 1. The quantitative estimate of drug-likeness (QED) is 0.725. The van der Waals surface area contributed by atoms with Gasteiger partial charge in [-0.05, 0) is 51.4 Å².